The highest BCUT2D eigenvalue weighted by Gasteiger charge is 2.19. The van der Waals surface area contributed by atoms with E-state index in [1.165, 1.54) is 23.8 Å². The van der Waals surface area contributed by atoms with Gasteiger partial charge in [0.05, 0.1) is 11.0 Å². The van der Waals surface area contributed by atoms with Crippen molar-refractivity contribution >= 4 is 27.8 Å². The zero-order valence-corrected chi connectivity index (χ0v) is 26.0. The second-order valence-electron chi connectivity index (χ2n) is 11.7. The van der Waals surface area contributed by atoms with Crippen LogP contribution in [0.2, 0.25) is 0 Å². The molecule has 0 spiro atoms. The highest BCUT2D eigenvalue weighted by molar-refractivity contribution is 5.97. The van der Waals surface area contributed by atoms with E-state index in [1.807, 2.05) is 50.5 Å². The lowest BCUT2D eigenvalue weighted by Gasteiger charge is -2.13. The molecule has 0 unspecified atom stereocenters. The molecule has 0 aliphatic heterocycles. The molecule has 0 radical (unpaired) electrons. The largest absolute Gasteiger partial charge is 0.384 e. The molecule has 0 aliphatic rings. The van der Waals surface area contributed by atoms with Gasteiger partial charge in [0.1, 0.15) is 17.3 Å². The standard InChI is InChI=1S/C36H33F2N9/c1-47(2)11-10-41-27-14-24(13-26(37)15-27)28-8-9-42-35-33(28)43-36(44-35)34-30-16-29(31(38)17-32(30)45-46-34)25-12-23(20-40-21-25)19-39-18-22-6-4-3-5-7-22/h3-9,12-17,20-21,39,41H,10-11,18-19H2,1-2H3,(H,45,46)(H,42,43,44). The zero-order valence-electron chi connectivity index (χ0n) is 26.0. The number of benzene rings is 3. The van der Waals surface area contributed by atoms with Gasteiger partial charge in [-0.1, -0.05) is 30.3 Å². The molecule has 0 saturated carbocycles. The Hall–Kier alpha value is -5.52. The quantitative estimate of drug-likeness (QED) is 0.125. The first-order valence-electron chi connectivity index (χ1n) is 15.3. The van der Waals surface area contributed by atoms with Gasteiger partial charge in [0.15, 0.2) is 11.5 Å². The number of fused-ring (bicyclic) bond motifs is 2. The lowest BCUT2D eigenvalue weighted by atomic mass is 10.0. The maximum absolute atomic E-state index is 15.4. The number of halogens is 2. The number of anilines is 1. The number of hydrogen-bond acceptors (Lipinski definition) is 7. The first-order chi connectivity index (χ1) is 22.9. The van der Waals surface area contributed by atoms with Crippen LogP contribution < -0.4 is 10.6 Å². The van der Waals surface area contributed by atoms with Crippen LogP contribution in [-0.2, 0) is 13.1 Å². The summed E-state index contributed by atoms with van der Waals surface area (Å²) in [6.07, 6.45) is 5.09. The number of rotatable bonds is 11. The molecule has 7 rings (SSSR count). The molecule has 9 nitrogen and oxygen atoms in total. The van der Waals surface area contributed by atoms with E-state index >= 15 is 4.39 Å². The predicted octanol–water partition coefficient (Wildman–Crippen LogP) is 6.77. The third-order valence-corrected chi connectivity index (χ3v) is 7.97. The van der Waals surface area contributed by atoms with Crippen molar-refractivity contribution in [2.45, 2.75) is 13.1 Å². The van der Waals surface area contributed by atoms with Crippen molar-refractivity contribution in [3.8, 4) is 33.8 Å². The van der Waals surface area contributed by atoms with Crippen molar-refractivity contribution in [1.29, 1.82) is 0 Å². The monoisotopic (exact) mass is 629 g/mol. The summed E-state index contributed by atoms with van der Waals surface area (Å²) in [4.78, 5) is 19.0. The molecule has 11 heteroatoms. The van der Waals surface area contributed by atoms with Crippen LogP contribution in [0.3, 0.4) is 0 Å². The third kappa shape index (κ3) is 6.57. The van der Waals surface area contributed by atoms with Crippen LogP contribution in [0, 0.1) is 11.6 Å². The lowest BCUT2D eigenvalue weighted by Crippen LogP contribution is -2.20. The van der Waals surface area contributed by atoms with Crippen molar-refractivity contribution in [3.05, 3.63) is 114 Å². The minimum absolute atomic E-state index is 0.349. The number of pyridine rings is 2. The van der Waals surface area contributed by atoms with Crippen LogP contribution >= 0.6 is 0 Å². The van der Waals surface area contributed by atoms with E-state index < -0.39 is 5.82 Å². The van der Waals surface area contributed by atoms with Gasteiger partial charge in [-0.3, -0.25) is 10.1 Å². The van der Waals surface area contributed by atoms with E-state index in [0.717, 1.165) is 17.7 Å². The summed E-state index contributed by atoms with van der Waals surface area (Å²) in [5.74, 6) is -0.280. The number of imidazole rings is 1. The average Bonchev–Trinajstić information content (AvgIpc) is 3.68. The molecule has 0 aliphatic carbocycles. The number of aromatic nitrogens is 6. The predicted molar refractivity (Wildman–Crippen MR) is 182 cm³/mol. The molecule has 4 aromatic heterocycles. The molecule has 236 valence electrons. The van der Waals surface area contributed by atoms with E-state index in [9.17, 15) is 4.39 Å². The van der Waals surface area contributed by atoms with E-state index in [-0.39, 0.29) is 5.82 Å². The van der Waals surface area contributed by atoms with Crippen molar-refractivity contribution < 1.29 is 8.78 Å². The molecular formula is C36H33F2N9. The van der Waals surface area contributed by atoms with Crippen LogP contribution in [0.1, 0.15) is 11.1 Å². The molecule has 4 N–H and O–H groups in total. The molecular weight excluding hydrogens is 596 g/mol. The van der Waals surface area contributed by atoms with Crippen LogP contribution in [0.5, 0.6) is 0 Å². The van der Waals surface area contributed by atoms with Gasteiger partial charge in [-0.15, -0.1) is 0 Å². The van der Waals surface area contributed by atoms with Crippen LogP contribution in [-0.4, -0.2) is 62.2 Å². The van der Waals surface area contributed by atoms with Gasteiger partial charge in [-0.05, 0) is 67.2 Å². The Bertz CT molecular complexity index is 2170. The fraction of sp³-hybridized carbons (Fsp3) is 0.167. The second-order valence-corrected chi connectivity index (χ2v) is 11.7. The molecule has 3 aromatic carbocycles. The number of H-pyrrole nitrogens is 2. The molecule has 0 amide bonds. The van der Waals surface area contributed by atoms with Crippen molar-refractivity contribution in [1.82, 2.24) is 40.3 Å². The van der Waals surface area contributed by atoms with Gasteiger partial charge in [-0.25, -0.2) is 18.7 Å². The molecule has 0 saturated heterocycles. The van der Waals surface area contributed by atoms with Crippen LogP contribution in [0.4, 0.5) is 14.5 Å². The number of aromatic amines is 2. The van der Waals surface area contributed by atoms with E-state index in [4.69, 9.17) is 4.98 Å². The third-order valence-electron chi connectivity index (χ3n) is 7.97. The minimum atomic E-state index is -0.390. The summed E-state index contributed by atoms with van der Waals surface area (Å²) in [6, 6.07) is 22.0. The lowest BCUT2D eigenvalue weighted by molar-refractivity contribution is 0.425. The first kappa shape index (κ1) is 30.2. The number of likely N-dealkylation sites (N-methyl/N-ethyl adjacent to an activating group) is 1. The minimum Gasteiger partial charge on any atom is -0.384 e. The highest BCUT2D eigenvalue weighted by atomic mass is 19.1. The van der Waals surface area contributed by atoms with Crippen LogP contribution in [0.15, 0.2) is 91.4 Å². The Morgan fingerprint density at radius 3 is 2.55 bits per heavy atom. The maximum Gasteiger partial charge on any atom is 0.178 e. The Morgan fingerprint density at radius 1 is 0.851 bits per heavy atom. The summed E-state index contributed by atoms with van der Waals surface area (Å²) < 4.78 is 30.2. The topological polar surface area (TPSA) is 110 Å². The number of hydrogen-bond donors (Lipinski definition) is 4. The number of nitrogens with zero attached hydrogens (tertiary/aromatic N) is 5. The van der Waals surface area contributed by atoms with Crippen molar-refractivity contribution in [2.24, 2.45) is 0 Å². The van der Waals surface area contributed by atoms with E-state index in [2.05, 4.69) is 52.8 Å². The van der Waals surface area contributed by atoms with Crippen molar-refractivity contribution in [2.75, 3.05) is 32.5 Å². The average molecular weight is 630 g/mol. The fourth-order valence-electron chi connectivity index (χ4n) is 5.65. The SMILES string of the molecule is CN(C)CCNc1cc(F)cc(-c2ccnc3nc(-c4n[nH]c5cc(F)c(-c6cncc(CNCc7ccccc7)c6)cc45)[nH]c23)c1. The summed E-state index contributed by atoms with van der Waals surface area (Å²) in [6.45, 7) is 2.79. The van der Waals surface area contributed by atoms with Gasteiger partial charge in [0.25, 0.3) is 0 Å². The summed E-state index contributed by atoms with van der Waals surface area (Å²) in [5, 5.41) is 14.8. The highest BCUT2D eigenvalue weighted by Crippen LogP contribution is 2.34. The Morgan fingerprint density at radius 2 is 1.70 bits per heavy atom. The fourth-order valence-corrected chi connectivity index (χ4v) is 5.65. The zero-order chi connectivity index (χ0) is 32.3. The van der Waals surface area contributed by atoms with Crippen molar-refractivity contribution in [3.63, 3.8) is 0 Å². The van der Waals surface area contributed by atoms with E-state index in [1.54, 1.807) is 24.7 Å². The van der Waals surface area contributed by atoms with Gasteiger partial charge < -0.3 is 20.5 Å². The summed E-state index contributed by atoms with van der Waals surface area (Å²) >= 11 is 0. The Kier molecular flexibility index (Phi) is 8.38. The van der Waals surface area contributed by atoms with Crippen LogP contribution in [0.25, 0.3) is 55.8 Å². The molecule has 47 heavy (non-hydrogen) atoms. The summed E-state index contributed by atoms with van der Waals surface area (Å²) in [7, 11) is 3.98. The van der Waals surface area contributed by atoms with Gasteiger partial charge >= 0.3 is 0 Å². The summed E-state index contributed by atoms with van der Waals surface area (Å²) in [5.41, 5.74) is 7.45. The molecule has 0 atom stereocenters. The molecule has 7 aromatic rings. The van der Waals surface area contributed by atoms with E-state index in [0.29, 0.717) is 75.6 Å². The van der Waals surface area contributed by atoms with Gasteiger partial charge in [0.2, 0.25) is 0 Å². The van der Waals surface area contributed by atoms with Gasteiger partial charge in [-0.2, -0.15) is 5.10 Å². The Balaban J connectivity index is 1.19. The normalized spacial score (nSPS) is 11.6. The first-order valence-corrected chi connectivity index (χ1v) is 15.3. The number of nitrogens with one attached hydrogen (secondary N) is 4. The second kappa shape index (κ2) is 13.1. The maximum atomic E-state index is 15.4. The molecule has 0 bridgehead atoms. The Labute approximate surface area is 270 Å². The van der Waals surface area contributed by atoms with Gasteiger partial charge in [0, 0.05) is 78.6 Å². The smallest absolute Gasteiger partial charge is 0.178 e. The molecule has 0 fully saturated rings. The molecule has 4 heterocycles.